The molecule has 0 spiro atoms. The van der Waals surface area contributed by atoms with Crippen LogP contribution < -0.4 is 19.5 Å². The van der Waals surface area contributed by atoms with E-state index >= 15 is 0 Å². The molecule has 148 valence electrons. The Morgan fingerprint density at radius 3 is 2.39 bits per heavy atom. The maximum absolute atomic E-state index is 12.6. The summed E-state index contributed by atoms with van der Waals surface area (Å²) < 4.78 is 43.1. The monoisotopic (exact) mass is 410 g/mol. The van der Waals surface area contributed by atoms with Gasteiger partial charge in [0.1, 0.15) is 22.1 Å². The van der Waals surface area contributed by atoms with Gasteiger partial charge in [0.25, 0.3) is 5.56 Å². The van der Waals surface area contributed by atoms with Gasteiger partial charge < -0.3 is 9.30 Å². The number of alkyl halides is 3. The van der Waals surface area contributed by atoms with E-state index in [0.29, 0.717) is 0 Å². The van der Waals surface area contributed by atoms with Crippen molar-refractivity contribution in [1.29, 1.82) is 5.26 Å². The fourth-order valence-electron chi connectivity index (χ4n) is 2.31. The molecule has 0 N–H and O–H groups in total. The van der Waals surface area contributed by atoms with Gasteiger partial charge in [-0.2, -0.15) is 5.26 Å². The molecule has 0 saturated carbocycles. The first-order valence-electron chi connectivity index (χ1n) is 8.06. The fourth-order valence-corrected chi connectivity index (χ4v) is 3.39. The van der Waals surface area contributed by atoms with Crippen LogP contribution in [0.25, 0.3) is 11.6 Å². The highest BCUT2D eigenvalue weighted by Gasteiger charge is 2.32. The maximum Gasteiger partial charge on any atom is 0.573 e. The summed E-state index contributed by atoms with van der Waals surface area (Å²) >= 11 is 0.862. The van der Waals surface area contributed by atoms with Crippen molar-refractivity contribution in [3.05, 3.63) is 49.4 Å². The lowest BCUT2D eigenvalue weighted by Gasteiger charge is -2.15. The third kappa shape index (κ3) is 4.70. The molecule has 1 aromatic carbocycles. The molecule has 0 unspecified atom stereocenters. The minimum Gasteiger partial charge on any atom is -0.405 e. The summed E-state index contributed by atoms with van der Waals surface area (Å²) in [5.41, 5.74) is -1.49. The lowest BCUT2D eigenvalue weighted by Crippen LogP contribution is -2.32. The van der Waals surface area contributed by atoms with Crippen LogP contribution in [0.2, 0.25) is 0 Å². The van der Waals surface area contributed by atoms with Gasteiger partial charge in [0.05, 0.1) is 4.53 Å². The molecule has 28 heavy (non-hydrogen) atoms. The van der Waals surface area contributed by atoms with E-state index in [1.54, 1.807) is 20.8 Å². The zero-order chi connectivity index (χ0) is 21.3. The number of aromatic nitrogens is 1. The maximum atomic E-state index is 12.6. The number of Topliss-reactive ketones (excluding diaryl/α,β-unsaturated/α-hetero) is 1. The Balaban J connectivity index is 2.75. The predicted molar refractivity (Wildman–Crippen MR) is 99.0 cm³/mol. The second kappa shape index (κ2) is 7.64. The number of carbonyl (C=O) groups is 1. The first-order valence-corrected chi connectivity index (χ1v) is 8.88. The molecule has 9 heteroatoms. The molecule has 2 aromatic rings. The number of ether oxygens (including phenoxy) is 1. The van der Waals surface area contributed by atoms with E-state index in [-0.39, 0.29) is 20.3 Å². The van der Waals surface area contributed by atoms with Crippen LogP contribution in [0.1, 0.15) is 26.3 Å². The number of ketones is 1. The number of hydrogen-bond acceptors (Lipinski definition) is 5. The van der Waals surface area contributed by atoms with Gasteiger partial charge in [0.15, 0.2) is 5.78 Å². The quantitative estimate of drug-likeness (QED) is 0.779. The summed E-state index contributed by atoms with van der Waals surface area (Å²) in [5.74, 6) is -0.888. The van der Waals surface area contributed by atoms with Gasteiger partial charge in [0, 0.05) is 18.0 Å². The van der Waals surface area contributed by atoms with Gasteiger partial charge in [0.2, 0.25) is 0 Å². The third-order valence-electron chi connectivity index (χ3n) is 3.69. The third-order valence-corrected chi connectivity index (χ3v) is 4.88. The number of nitrogens with zero attached hydrogens (tertiary/aromatic N) is 2. The van der Waals surface area contributed by atoms with Crippen LogP contribution in [0.5, 0.6) is 5.75 Å². The summed E-state index contributed by atoms with van der Waals surface area (Å²) in [4.78, 5) is 25.0. The van der Waals surface area contributed by atoms with Crippen LogP contribution in [0, 0.1) is 16.7 Å². The first kappa shape index (κ1) is 21.4. The molecule has 1 heterocycles. The molecule has 0 aliphatic carbocycles. The Kier molecular flexibility index (Phi) is 5.85. The Morgan fingerprint density at radius 2 is 1.86 bits per heavy atom. The Morgan fingerprint density at radius 1 is 1.25 bits per heavy atom. The summed E-state index contributed by atoms with van der Waals surface area (Å²) in [7, 11) is 1.40. The van der Waals surface area contributed by atoms with Crippen LogP contribution in [0.4, 0.5) is 13.2 Å². The van der Waals surface area contributed by atoms with Crippen molar-refractivity contribution in [2.75, 3.05) is 0 Å². The number of rotatable bonds is 3. The van der Waals surface area contributed by atoms with Crippen molar-refractivity contribution in [1.82, 2.24) is 4.57 Å². The zero-order valence-electron chi connectivity index (χ0n) is 15.5. The van der Waals surface area contributed by atoms with E-state index in [1.807, 2.05) is 6.07 Å². The Labute approximate surface area is 162 Å². The Bertz CT molecular complexity index is 1130. The van der Waals surface area contributed by atoms with Gasteiger partial charge in [-0.3, -0.25) is 9.59 Å². The van der Waals surface area contributed by atoms with Gasteiger partial charge in [-0.1, -0.05) is 39.0 Å². The van der Waals surface area contributed by atoms with E-state index in [1.165, 1.54) is 31.3 Å². The molecule has 0 radical (unpaired) electrons. The largest absolute Gasteiger partial charge is 0.573 e. The summed E-state index contributed by atoms with van der Waals surface area (Å²) in [5, 5.41) is 9.43. The summed E-state index contributed by atoms with van der Waals surface area (Å²) in [6.45, 7) is 4.95. The van der Waals surface area contributed by atoms with Crippen molar-refractivity contribution < 1.29 is 22.7 Å². The summed E-state index contributed by atoms with van der Waals surface area (Å²) in [6.07, 6.45) is -3.63. The normalized spacial score (nSPS) is 13.9. The predicted octanol–water partition coefficient (Wildman–Crippen LogP) is 2.46. The van der Waals surface area contributed by atoms with Gasteiger partial charge in [-0.05, 0) is 12.1 Å². The average molecular weight is 410 g/mol. The minimum absolute atomic E-state index is 0.0472. The number of nitriles is 1. The molecule has 0 saturated heterocycles. The number of para-hydroxylation sites is 1. The van der Waals surface area contributed by atoms with Gasteiger partial charge in [-0.25, -0.2) is 0 Å². The number of halogens is 3. The molecule has 0 bridgehead atoms. The summed E-state index contributed by atoms with van der Waals surface area (Å²) in [6, 6.07) is 7.23. The van der Waals surface area contributed by atoms with Crippen molar-refractivity contribution in [2.24, 2.45) is 12.5 Å². The van der Waals surface area contributed by atoms with Crippen LogP contribution in [-0.2, 0) is 11.8 Å². The molecular formula is C19H17F3N2O3S. The number of carbonyl (C=O) groups excluding carboxylic acids is 1. The molecule has 0 amide bonds. The highest BCUT2D eigenvalue weighted by molar-refractivity contribution is 7.07. The van der Waals surface area contributed by atoms with E-state index in [0.717, 1.165) is 22.0 Å². The molecule has 0 aliphatic rings. The van der Waals surface area contributed by atoms with Crippen LogP contribution in [0.3, 0.4) is 0 Å². The van der Waals surface area contributed by atoms with Crippen molar-refractivity contribution >= 4 is 28.8 Å². The molecule has 0 atom stereocenters. The highest BCUT2D eigenvalue weighted by Crippen LogP contribution is 2.26. The fraction of sp³-hybridized carbons (Fsp3) is 0.316. The Hall–Kier alpha value is -2.86. The standard InChI is InChI=1S/C19H17F3N2O3S/c1-18(2,3)15(25)12(10-23)17-24(4)16(26)14(28-17)9-11-7-5-6-8-13(11)27-19(20,21)22/h5-9H,1-4H3/b14-9+,17-12-. The first-order chi connectivity index (χ1) is 12.8. The zero-order valence-corrected chi connectivity index (χ0v) is 16.4. The van der Waals surface area contributed by atoms with E-state index in [9.17, 15) is 28.0 Å². The molecule has 5 nitrogen and oxygen atoms in total. The second-order valence-electron chi connectivity index (χ2n) is 6.93. The second-order valence-corrected chi connectivity index (χ2v) is 7.96. The minimum atomic E-state index is -4.88. The van der Waals surface area contributed by atoms with E-state index in [2.05, 4.69) is 4.74 Å². The van der Waals surface area contributed by atoms with Crippen LogP contribution in [-0.4, -0.2) is 16.7 Å². The lowest BCUT2D eigenvalue weighted by molar-refractivity contribution is -0.274. The molecule has 0 aliphatic heterocycles. The number of hydrogen-bond donors (Lipinski definition) is 0. The van der Waals surface area contributed by atoms with Crippen LogP contribution in [0.15, 0.2) is 29.1 Å². The van der Waals surface area contributed by atoms with E-state index < -0.39 is 28.9 Å². The van der Waals surface area contributed by atoms with Crippen molar-refractivity contribution in [3.8, 4) is 11.8 Å². The van der Waals surface area contributed by atoms with Gasteiger partial charge in [-0.15, -0.1) is 24.5 Å². The highest BCUT2D eigenvalue weighted by atomic mass is 32.1. The molecular weight excluding hydrogens is 393 g/mol. The molecule has 0 fully saturated rings. The molecule has 1 aromatic heterocycles. The van der Waals surface area contributed by atoms with E-state index in [4.69, 9.17) is 0 Å². The smallest absolute Gasteiger partial charge is 0.405 e. The average Bonchev–Trinajstić information content (AvgIpc) is 2.84. The number of thiazole rings is 1. The molecule has 2 rings (SSSR count). The SMILES string of the molecule is Cn1c(=O)/c(=C\c2ccccc2OC(F)(F)F)s/c1=C(/C#N)C(=O)C(C)(C)C. The number of benzene rings is 1. The van der Waals surface area contributed by atoms with Crippen molar-refractivity contribution in [2.45, 2.75) is 27.1 Å². The topological polar surface area (TPSA) is 72.1 Å². The lowest BCUT2D eigenvalue weighted by atomic mass is 9.87. The van der Waals surface area contributed by atoms with Gasteiger partial charge >= 0.3 is 6.36 Å². The van der Waals surface area contributed by atoms with Crippen molar-refractivity contribution in [3.63, 3.8) is 0 Å². The van der Waals surface area contributed by atoms with Crippen LogP contribution >= 0.6 is 11.3 Å².